The zero-order valence-corrected chi connectivity index (χ0v) is 12.0. The number of fused-ring (bicyclic) bond motifs is 1. The van der Waals surface area contributed by atoms with Gasteiger partial charge in [-0.2, -0.15) is 5.26 Å². The minimum absolute atomic E-state index is 0.535. The summed E-state index contributed by atoms with van der Waals surface area (Å²) >= 11 is 0. The molecule has 1 N–H and O–H groups in total. The van der Waals surface area contributed by atoms with Gasteiger partial charge >= 0.3 is 0 Å². The van der Waals surface area contributed by atoms with Crippen molar-refractivity contribution in [1.29, 1.82) is 5.26 Å². The van der Waals surface area contributed by atoms with E-state index in [0.717, 1.165) is 16.6 Å². The quantitative estimate of drug-likeness (QED) is 0.710. The van der Waals surface area contributed by atoms with Crippen LogP contribution in [-0.4, -0.2) is 9.97 Å². The molecule has 3 heteroatoms. The van der Waals surface area contributed by atoms with Gasteiger partial charge in [-0.1, -0.05) is 30.3 Å². The molecule has 0 aliphatic carbocycles. The molecule has 0 bridgehead atoms. The van der Waals surface area contributed by atoms with E-state index in [1.165, 1.54) is 11.1 Å². The first-order valence-corrected chi connectivity index (χ1v) is 6.81. The summed E-state index contributed by atoms with van der Waals surface area (Å²) in [6.45, 7) is 4.13. The SMILES string of the molecule is Cc1cc2nc(C(C#N)=Cc3ccccc3)[nH]c2cc1C. The molecule has 0 atom stereocenters. The Morgan fingerprint density at radius 1 is 1.14 bits per heavy atom. The number of nitrogens with one attached hydrogen (secondary N) is 1. The number of benzene rings is 2. The third-order valence-electron chi connectivity index (χ3n) is 3.58. The Morgan fingerprint density at radius 2 is 1.86 bits per heavy atom. The average Bonchev–Trinajstić information content (AvgIpc) is 2.89. The van der Waals surface area contributed by atoms with Crippen LogP contribution in [0.3, 0.4) is 0 Å². The van der Waals surface area contributed by atoms with E-state index >= 15 is 0 Å². The lowest BCUT2D eigenvalue weighted by atomic mass is 10.1. The predicted octanol–water partition coefficient (Wildman–Crippen LogP) is 4.24. The Kier molecular flexibility index (Phi) is 3.29. The summed E-state index contributed by atoms with van der Waals surface area (Å²) in [5.41, 5.74) is 5.79. The van der Waals surface area contributed by atoms with Crippen molar-refractivity contribution in [3.8, 4) is 6.07 Å². The van der Waals surface area contributed by atoms with Crippen LogP contribution in [0.2, 0.25) is 0 Å². The summed E-state index contributed by atoms with van der Waals surface area (Å²) in [4.78, 5) is 7.77. The van der Waals surface area contributed by atoms with E-state index in [9.17, 15) is 5.26 Å². The number of aryl methyl sites for hydroxylation is 2. The number of nitriles is 1. The molecule has 0 saturated heterocycles. The highest BCUT2D eigenvalue weighted by molar-refractivity contribution is 5.90. The number of nitrogens with zero attached hydrogens (tertiary/aromatic N) is 2. The van der Waals surface area contributed by atoms with Crippen LogP contribution in [-0.2, 0) is 0 Å². The molecule has 0 radical (unpaired) electrons. The molecule has 1 heterocycles. The van der Waals surface area contributed by atoms with Crippen molar-refractivity contribution in [2.24, 2.45) is 0 Å². The molecule has 3 nitrogen and oxygen atoms in total. The molecule has 0 spiro atoms. The second-order valence-electron chi connectivity index (χ2n) is 5.12. The number of aromatic nitrogens is 2. The minimum atomic E-state index is 0.535. The number of rotatable bonds is 2. The number of hydrogen-bond acceptors (Lipinski definition) is 2. The Morgan fingerprint density at radius 3 is 2.57 bits per heavy atom. The summed E-state index contributed by atoms with van der Waals surface area (Å²) in [5.74, 6) is 0.612. The molecule has 0 saturated carbocycles. The highest BCUT2D eigenvalue weighted by Gasteiger charge is 2.09. The highest BCUT2D eigenvalue weighted by atomic mass is 14.9. The van der Waals surface area contributed by atoms with E-state index in [-0.39, 0.29) is 0 Å². The maximum atomic E-state index is 9.40. The van der Waals surface area contributed by atoms with Crippen molar-refractivity contribution < 1.29 is 0 Å². The van der Waals surface area contributed by atoms with E-state index in [1.807, 2.05) is 42.5 Å². The van der Waals surface area contributed by atoms with Gasteiger partial charge in [0.15, 0.2) is 0 Å². The summed E-state index contributed by atoms with van der Waals surface area (Å²) in [6.07, 6.45) is 1.84. The first-order valence-electron chi connectivity index (χ1n) is 6.81. The van der Waals surface area contributed by atoms with E-state index < -0.39 is 0 Å². The normalized spacial score (nSPS) is 11.6. The van der Waals surface area contributed by atoms with Crippen molar-refractivity contribution in [2.45, 2.75) is 13.8 Å². The van der Waals surface area contributed by atoms with Gasteiger partial charge in [0, 0.05) is 0 Å². The summed E-state index contributed by atoms with van der Waals surface area (Å²) < 4.78 is 0. The van der Waals surface area contributed by atoms with Crippen LogP contribution in [0.1, 0.15) is 22.5 Å². The van der Waals surface area contributed by atoms with Crippen molar-refractivity contribution in [1.82, 2.24) is 9.97 Å². The van der Waals surface area contributed by atoms with Gasteiger partial charge < -0.3 is 4.98 Å². The standard InChI is InChI=1S/C18H15N3/c1-12-8-16-17(9-13(12)2)21-18(20-16)15(11-19)10-14-6-4-3-5-7-14/h3-10H,1-2H3,(H,20,21). The van der Waals surface area contributed by atoms with Gasteiger partial charge in [0.1, 0.15) is 11.9 Å². The van der Waals surface area contributed by atoms with E-state index in [0.29, 0.717) is 11.4 Å². The van der Waals surface area contributed by atoms with Crippen molar-refractivity contribution in [3.05, 3.63) is 65.0 Å². The highest BCUT2D eigenvalue weighted by Crippen LogP contribution is 2.21. The lowest BCUT2D eigenvalue weighted by Crippen LogP contribution is -1.84. The van der Waals surface area contributed by atoms with Crippen molar-refractivity contribution >= 4 is 22.7 Å². The molecule has 0 unspecified atom stereocenters. The summed E-state index contributed by atoms with van der Waals surface area (Å²) in [6, 6.07) is 16.1. The fourth-order valence-corrected chi connectivity index (χ4v) is 2.27. The minimum Gasteiger partial charge on any atom is -0.337 e. The van der Waals surface area contributed by atoms with Crippen LogP contribution in [0.5, 0.6) is 0 Å². The summed E-state index contributed by atoms with van der Waals surface area (Å²) in [7, 11) is 0. The predicted molar refractivity (Wildman–Crippen MR) is 85.5 cm³/mol. The second kappa shape index (κ2) is 5.26. The third kappa shape index (κ3) is 2.56. The Hall–Kier alpha value is -2.86. The first-order chi connectivity index (χ1) is 10.2. The molecule has 3 aromatic rings. The van der Waals surface area contributed by atoms with Crippen molar-refractivity contribution in [3.63, 3.8) is 0 Å². The fourth-order valence-electron chi connectivity index (χ4n) is 2.27. The number of allylic oxidation sites excluding steroid dienone is 1. The smallest absolute Gasteiger partial charge is 0.149 e. The zero-order chi connectivity index (χ0) is 14.8. The number of aromatic amines is 1. The molecule has 2 aromatic carbocycles. The van der Waals surface area contributed by atoms with Crippen LogP contribution in [0.15, 0.2) is 42.5 Å². The molecule has 0 fully saturated rings. The molecule has 0 aliphatic heterocycles. The van der Waals surface area contributed by atoms with Crippen molar-refractivity contribution in [2.75, 3.05) is 0 Å². The third-order valence-corrected chi connectivity index (χ3v) is 3.58. The summed E-state index contributed by atoms with van der Waals surface area (Å²) in [5, 5.41) is 9.40. The van der Waals surface area contributed by atoms with Crippen LogP contribution >= 0.6 is 0 Å². The van der Waals surface area contributed by atoms with Crippen LogP contribution in [0, 0.1) is 25.2 Å². The Labute approximate surface area is 123 Å². The number of H-pyrrole nitrogens is 1. The van der Waals surface area contributed by atoms with Gasteiger partial charge in [-0.3, -0.25) is 0 Å². The number of hydrogen-bond donors (Lipinski definition) is 1. The van der Waals surface area contributed by atoms with Crippen LogP contribution < -0.4 is 0 Å². The molecule has 0 aliphatic rings. The lowest BCUT2D eigenvalue weighted by Gasteiger charge is -1.97. The van der Waals surface area contributed by atoms with Gasteiger partial charge in [-0.05, 0) is 48.7 Å². The van der Waals surface area contributed by atoms with Gasteiger partial charge in [0.05, 0.1) is 16.6 Å². The Balaban J connectivity index is 2.10. The van der Waals surface area contributed by atoms with E-state index in [4.69, 9.17) is 0 Å². The van der Waals surface area contributed by atoms with E-state index in [2.05, 4.69) is 36.0 Å². The molecule has 1 aromatic heterocycles. The topological polar surface area (TPSA) is 52.5 Å². The largest absolute Gasteiger partial charge is 0.337 e. The van der Waals surface area contributed by atoms with Gasteiger partial charge in [0.25, 0.3) is 0 Å². The maximum absolute atomic E-state index is 9.40. The zero-order valence-electron chi connectivity index (χ0n) is 12.0. The lowest BCUT2D eigenvalue weighted by molar-refractivity contribution is 1.27. The maximum Gasteiger partial charge on any atom is 0.149 e. The fraction of sp³-hybridized carbons (Fsp3) is 0.111. The van der Waals surface area contributed by atoms with Gasteiger partial charge in [0.2, 0.25) is 0 Å². The molecular formula is C18H15N3. The monoisotopic (exact) mass is 273 g/mol. The average molecular weight is 273 g/mol. The molecule has 3 rings (SSSR count). The van der Waals surface area contributed by atoms with E-state index in [1.54, 1.807) is 0 Å². The molecule has 21 heavy (non-hydrogen) atoms. The van der Waals surface area contributed by atoms with Crippen LogP contribution in [0.4, 0.5) is 0 Å². The van der Waals surface area contributed by atoms with Gasteiger partial charge in [-0.25, -0.2) is 4.98 Å². The molecular weight excluding hydrogens is 258 g/mol. The number of imidazole rings is 1. The molecule has 0 amide bonds. The van der Waals surface area contributed by atoms with Gasteiger partial charge in [-0.15, -0.1) is 0 Å². The molecule has 102 valence electrons. The second-order valence-corrected chi connectivity index (χ2v) is 5.12. The Bertz CT molecular complexity index is 826. The van der Waals surface area contributed by atoms with Crippen LogP contribution in [0.25, 0.3) is 22.7 Å². The first kappa shape index (κ1) is 13.1.